The van der Waals surface area contributed by atoms with Crippen molar-refractivity contribution in [3.8, 4) is 0 Å². The van der Waals surface area contributed by atoms with E-state index in [2.05, 4.69) is 50.2 Å². The summed E-state index contributed by atoms with van der Waals surface area (Å²) in [4.78, 5) is 0. The summed E-state index contributed by atoms with van der Waals surface area (Å²) in [6.07, 6.45) is 0. The van der Waals surface area contributed by atoms with E-state index < -0.39 is 0 Å². The Bertz CT molecular complexity index is 699. The van der Waals surface area contributed by atoms with Crippen molar-refractivity contribution in [3.05, 3.63) is 123 Å². The standard InChI is InChI=1S/C10H9.C7H7.C5H5.CH3.Zr/c1-8-6-9-4-2-3-5-10(9)7-8;1-7-5-3-2-4-6-7;1-2-4-5-3-1;;/h2-7H,1H3;2-6H,1H2;1-5H;1H3;/q4*-1;+4. The molecule has 0 N–H and O–H groups in total. The first-order chi connectivity index (χ1) is 10.8. The van der Waals surface area contributed by atoms with Gasteiger partial charge in [0.2, 0.25) is 0 Å². The smallest absolute Gasteiger partial charge is 0.358 e. The fourth-order valence-electron chi connectivity index (χ4n) is 2.10. The van der Waals surface area contributed by atoms with Crippen LogP contribution in [0.25, 0.3) is 10.8 Å². The Kier molecular flexibility index (Phi) is 11.6. The molecule has 120 valence electrons. The molecular formula is C23H24Zr. The number of aryl methyl sites for hydroxylation is 1. The minimum atomic E-state index is 0. The van der Waals surface area contributed by atoms with Crippen LogP contribution < -0.4 is 0 Å². The van der Waals surface area contributed by atoms with Crippen molar-refractivity contribution >= 4 is 10.8 Å². The fraction of sp³-hybridized carbons (Fsp3) is 0.0435. The van der Waals surface area contributed by atoms with Crippen LogP contribution in [0.15, 0.2) is 97.1 Å². The van der Waals surface area contributed by atoms with E-state index in [0.717, 1.165) is 5.56 Å². The zero-order valence-electron chi connectivity index (χ0n) is 14.4. The van der Waals surface area contributed by atoms with Gasteiger partial charge in [0.1, 0.15) is 0 Å². The maximum absolute atomic E-state index is 3.72. The van der Waals surface area contributed by atoms with Gasteiger partial charge in [-0.1, -0.05) is 19.1 Å². The van der Waals surface area contributed by atoms with Gasteiger partial charge in [-0.05, 0) is 0 Å². The molecule has 4 rings (SSSR count). The molecule has 24 heavy (non-hydrogen) atoms. The third-order valence-electron chi connectivity index (χ3n) is 3.16. The van der Waals surface area contributed by atoms with E-state index in [9.17, 15) is 0 Å². The van der Waals surface area contributed by atoms with E-state index in [-0.39, 0.29) is 33.6 Å². The summed E-state index contributed by atoms with van der Waals surface area (Å²) in [7, 11) is 0. The largest absolute Gasteiger partial charge is 4.00 e. The molecule has 0 saturated carbocycles. The molecule has 0 radical (unpaired) electrons. The molecule has 4 aromatic rings. The first-order valence-electron chi connectivity index (χ1n) is 7.41. The van der Waals surface area contributed by atoms with Crippen molar-refractivity contribution in [2.24, 2.45) is 0 Å². The van der Waals surface area contributed by atoms with Gasteiger partial charge in [0.15, 0.2) is 0 Å². The molecule has 0 aliphatic heterocycles. The maximum Gasteiger partial charge on any atom is 4.00 e. The second kappa shape index (κ2) is 12.6. The van der Waals surface area contributed by atoms with Crippen LogP contribution in [0.4, 0.5) is 0 Å². The van der Waals surface area contributed by atoms with Crippen LogP contribution >= 0.6 is 0 Å². The van der Waals surface area contributed by atoms with Crippen LogP contribution in [0.3, 0.4) is 0 Å². The SMILES string of the molecule is Cc1cc2ccccc2[cH-]1.[CH2-]c1ccccc1.[CH3-].[Zr+4].c1cc[cH-]c1. The molecule has 0 aromatic heterocycles. The van der Waals surface area contributed by atoms with Crippen LogP contribution in [-0.2, 0) is 26.2 Å². The van der Waals surface area contributed by atoms with Crippen molar-refractivity contribution in [2.45, 2.75) is 6.92 Å². The molecule has 0 spiro atoms. The maximum atomic E-state index is 3.72. The van der Waals surface area contributed by atoms with Crippen LogP contribution in [-0.4, -0.2) is 0 Å². The monoisotopic (exact) mass is 390 g/mol. The van der Waals surface area contributed by atoms with Gasteiger partial charge in [-0.2, -0.15) is 48.9 Å². The molecule has 0 bridgehead atoms. The second-order valence-electron chi connectivity index (χ2n) is 5.11. The minimum Gasteiger partial charge on any atom is -0.358 e. The van der Waals surface area contributed by atoms with Gasteiger partial charge in [0.05, 0.1) is 0 Å². The predicted molar refractivity (Wildman–Crippen MR) is 104 cm³/mol. The van der Waals surface area contributed by atoms with Crippen LogP contribution in [0.2, 0.25) is 0 Å². The summed E-state index contributed by atoms with van der Waals surface area (Å²) in [5.74, 6) is 0. The Balaban J connectivity index is 0.000000336. The van der Waals surface area contributed by atoms with Gasteiger partial charge < -0.3 is 7.43 Å². The molecule has 0 aliphatic carbocycles. The second-order valence-corrected chi connectivity index (χ2v) is 5.11. The molecule has 0 atom stereocenters. The molecule has 1 heteroatoms. The third-order valence-corrected chi connectivity index (χ3v) is 3.16. The van der Waals surface area contributed by atoms with Gasteiger partial charge >= 0.3 is 26.2 Å². The van der Waals surface area contributed by atoms with Gasteiger partial charge in [0, 0.05) is 0 Å². The summed E-state index contributed by atoms with van der Waals surface area (Å²) in [6.45, 7) is 5.85. The normalized spacial score (nSPS) is 8.54. The van der Waals surface area contributed by atoms with Crippen molar-refractivity contribution in [3.63, 3.8) is 0 Å². The van der Waals surface area contributed by atoms with Gasteiger partial charge in [0.25, 0.3) is 0 Å². The molecule has 0 heterocycles. The summed E-state index contributed by atoms with van der Waals surface area (Å²) in [5, 5.41) is 2.69. The van der Waals surface area contributed by atoms with Crippen molar-refractivity contribution in [2.75, 3.05) is 0 Å². The van der Waals surface area contributed by atoms with Crippen LogP contribution in [0, 0.1) is 21.3 Å². The van der Waals surface area contributed by atoms with Crippen molar-refractivity contribution in [1.82, 2.24) is 0 Å². The first-order valence-corrected chi connectivity index (χ1v) is 7.41. The molecule has 0 amide bonds. The zero-order chi connectivity index (χ0) is 15.6. The van der Waals surface area contributed by atoms with Crippen molar-refractivity contribution < 1.29 is 26.2 Å². The molecule has 4 aromatic carbocycles. The number of benzene rings is 2. The Morgan fingerprint density at radius 3 is 1.83 bits per heavy atom. The van der Waals surface area contributed by atoms with Crippen molar-refractivity contribution in [1.29, 1.82) is 0 Å². The van der Waals surface area contributed by atoms with Gasteiger partial charge in [-0.25, -0.2) is 12.1 Å². The first kappa shape index (κ1) is 22.2. The van der Waals surface area contributed by atoms with E-state index in [1.807, 2.05) is 60.7 Å². The van der Waals surface area contributed by atoms with Crippen LogP contribution in [0.1, 0.15) is 11.1 Å². The predicted octanol–water partition coefficient (Wildman–Crippen LogP) is 6.59. The number of fused-ring (bicyclic) bond motifs is 1. The summed E-state index contributed by atoms with van der Waals surface area (Å²) in [5.41, 5.74) is 2.42. The summed E-state index contributed by atoms with van der Waals surface area (Å²) < 4.78 is 0. The number of rotatable bonds is 0. The Hall–Kier alpha value is -1.85. The Morgan fingerprint density at radius 2 is 1.38 bits per heavy atom. The van der Waals surface area contributed by atoms with Gasteiger partial charge in [-0.3, -0.25) is 0 Å². The molecule has 0 saturated heterocycles. The average Bonchev–Trinajstić information content (AvgIpc) is 3.20. The summed E-state index contributed by atoms with van der Waals surface area (Å²) in [6, 6.07) is 32.7. The molecule has 0 nitrogen and oxygen atoms in total. The fourth-order valence-corrected chi connectivity index (χ4v) is 2.10. The molecular weight excluding hydrogens is 367 g/mol. The van der Waals surface area contributed by atoms with E-state index in [1.54, 1.807) is 0 Å². The molecule has 0 fully saturated rings. The van der Waals surface area contributed by atoms with E-state index in [4.69, 9.17) is 0 Å². The quantitative estimate of drug-likeness (QED) is 0.297. The minimum absolute atomic E-state index is 0. The Morgan fingerprint density at radius 1 is 0.792 bits per heavy atom. The third kappa shape index (κ3) is 8.13. The Labute approximate surface area is 166 Å². The number of hydrogen-bond acceptors (Lipinski definition) is 0. The van der Waals surface area contributed by atoms with E-state index >= 15 is 0 Å². The van der Waals surface area contributed by atoms with E-state index in [0.29, 0.717) is 0 Å². The zero-order valence-corrected chi connectivity index (χ0v) is 16.9. The van der Waals surface area contributed by atoms with Crippen LogP contribution in [0.5, 0.6) is 0 Å². The molecule has 0 unspecified atom stereocenters. The average molecular weight is 392 g/mol. The molecule has 0 aliphatic rings. The topological polar surface area (TPSA) is 0 Å². The summed E-state index contributed by atoms with van der Waals surface area (Å²) >= 11 is 0. The van der Waals surface area contributed by atoms with Gasteiger partial charge in [-0.15, -0.1) is 52.7 Å². The van der Waals surface area contributed by atoms with E-state index in [1.165, 1.54) is 16.3 Å². The number of hydrogen-bond donors (Lipinski definition) is 0.